The van der Waals surface area contributed by atoms with E-state index in [2.05, 4.69) is 36.3 Å². The van der Waals surface area contributed by atoms with E-state index in [-0.39, 0.29) is 11.6 Å². The van der Waals surface area contributed by atoms with Crippen molar-refractivity contribution in [3.05, 3.63) is 64.5 Å². The number of pyridine rings is 1. The predicted octanol–water partition coefficient (Wildman–Crippen LogP) is 5.34. The van der Waals surface area contributed by atoms with Crippen molar-refractivity contribution in [3.8, 4) is 0 Å². The van der Waals surface area contributed by atoms with Gasteiger partial charge in [-0.25, -0.2) is 4.79 Å². The molecule has 7 nitrogen and oxygen atoms in total. The fraction of sp³-hybridized carbons (Fsp3) is 0.481. The number of carbonyl (C=O) groups excluding carboxylic acids is 1. The lowest BCUT2D eigenvalue weighted by Crippen LogP contribution is -2.38. The summed E-state index contributed by atoms with van der Waals surface area (Å²) in [4.78, 5) is 28.0. The van der Waals surface area contributed by atoms with Crippen LogP contribution in [0.5, 0.6) is 0 Å². The fourth-order valence-corrected chi connectivity index (χ4v) is 4.84. The molecule has 0 saturated carbocycles. The van der Waals surface area contributed by atoms with Gasteiger partial charge in [-0.15, -0.1) is 0 Å². The number of likely N-dealkylation sites (tertiary alicyclic amines) is 1. The number of anilines is 1. The van der Waals surface area contributed by atoms with Crippen molar-refractivity contribution in [2.45, 2.75) is 72.1 Å². The Kier molecular flexibility index (Phi) is 7.73. The van der Waals surface area contributed by atoms with E-state index in [0.29, 0.717) is 36.1 Å². The Balaban J connectivity index is 1.40. The predicted molar refractivity (Wildman–Crippen MR) is 136 cm³/mol. The molecule has 0 radical (unpaired) electrons. The highest BCUT2D eigenvalue weighted by Crippen LogP contribution is 2.23. The zero-order valence-electron chi connectivity index (χ0n) is 20.5. The second-order valence-corrected chi connectivity index (χ2v) is 9.64. The maximum absolute atomic E-state index is 12.8. The first-order valence-electron chi connectivity index (χ1n) is 12.4. The molecule has 1 atom stereocenters. The lowest BCUT2D eigenvalue weighted by molar-refractivity contribution is 0.126. The van der Waals surface area contributed by atoms with Gasteiger partial charge in [0.05, 0.1) is 18.8 Å². The number of urea groups is 1. The minimum absolute atomic E-state index is 0.0441. The first-order chi connectivity index (χ1) is 16.4. The van der Waals surface area contributed by atoms with E-state index < -0.39 is 0 Å². The molecule has 2 aromatic heterocycles. The zero-order chi connectivity index (χ0) is 24.1. The summed E-state index contributed by atoms with van der Waals surface area (Å²) in [5.74, 6) is 1.97. The van der Waals surface area contributed by atoms with E-state index in [1.807, 2.05) is 30.3 Å². The molecule has 0 bridgehead atoms. The summed E-state index contributed by atoms with van der Waals surface area (Å²) in [5.41, 5.74) is 0.571. The number of nitrogens with one attached hydrogen (secondary N) is 2. The van der Waals surface area contributed by atoms with Crippen LogP contribution in [-0.4, -0.2) is 28.1 Å². The Morgan fingerprint density at radius 1 is 1.12 bits per heavy atom. The summed E-state index contributed by atoms with van der Waals surface area (Å²) in [5, 5.41) is 7.13. The third-order valence-electron chi connectivity index (χ3n) is 6.52. The highest BCUT2D eigenvalue weighted by molar-refractivity contribution is 6.00. The summed E-state index contributed by atoms with van der Waals surface area (Å²) < 4.78 is 7.67. The smallest absolute Gasteiger partial charge is 0.319 e. The molecular formula is C27H36N4O3. The van der Waals surface area contributed by atoms with E-state index in [4.69, 9.17) is 4.42 Å². The van der Waals surface area contributed by atoms with E-state index in [1.54, 1.807) is 16.8 Å². The lowest BCUT2D eigenvalue weighted by Gasteiger charge is -2.34. The van der Waals surface area contributed by atoms with E-state index >= 15 is 0 Å². The standard InChI is InChI=1S/C27H36N4O3/c1-4-20-9-7-8-14-30(20)17-22-13-12-21(34-22)15-28-27(33)29-25-18-31(16-19(2)3)26(32)24-11-6-5-10-23(24)25/h5-6,10-13,18-20H,4,7-9,14-17H2,1-3H3,(H2,28,29,33)/t20-/m0/s1. The van der Waals surface area contributed by atoms with Gasteiger partial charge in [-0.1, -0.05) is 45.4 Å². The van der Waals surface area contributed by atoms with Gasteiger partial charge >= 0.3 is 6.03 Å². The number of furan rings is 1. The second-order valence-electron chi connectivity index (χ2n) is 9.64. The largest absolute Gasteiger partial charge is 0.463 e. The molecule has 2 N–H and O–H groups in total. The maximum Gasteiger partial charge on any atom is 0.319 e. The van der Waals surface area contributed by atoms with Gasteiger partial charge in [0.25, 0.3) is 5.56 Å². The average Bonchev–Trinajstić information content (AvgIpc) is 3.28. The lowest BCUT2D eigenvalue weighted by atomic mass is 10.00. The summed E-state index contributed by atoms with van der Waals surface area (Å²) in [6, 6.07) is 11.6. The number of benzene rings is 1. The monoisotopic (exact) mass is 464 g/mol. The molecule has 3 aromatic rings. The highest BCUT2D eigenvalue weighted by atomic mass is 16.3. The minimum atomic E-state index is -0.333. The SMILES string of the molecule is CC[C@H]1CCCCN1Cc1ccc(CNC(=O)Nc2cn(CC(C)C)c(=O)c3ccccc23)o1. The molecule has 3 heterocycles. The topological polar surface area (TPSA) is 79.5 Å². The van der Waals surface area contributed by atoms with Crippen LogP contribution < -0.4 is 16.2 Å². The van der Waals surface area contributed by atoms with Crippen LogP contribution in [-0.2, 0) is 19.6 Å². The summed E-state index contributed by atoms with van der Waals surface area (Å²) >= 11 is 0. The number of rotatable bonds is 8. The van der Waals surface area contributed by atoms with Crippen molar-refractivity contribution in [2.24, 2.45) is 5.92 Å². The van der Waals surface area contributed by atoms with Gasteiger partial charge in [-0.3, -0.25) is 9.69 Å². The van der Waals surface area contributed by atoms with Gasteiger partial charge in [0.2, 0.25) is 0 Å². The van der Waals surface area contributed by atoms with Crippen LogP contribution in [0.25, 0.3) is 10.8 Å². The fourth-order valence-electron chi connectivity index (χ4n) is 4.84. The average molecular weight is 465 g/mol. The number of amides is 2. The van der Waals surface area contributed by atoms with Crippen molar-refractivity contribution in [2.75, 3.05) is 11.9 Å². The van der Waals surface area contributed by atoms with Crippen LogP contribution in [0.4, 0.5) is 10.5 Å². The molecule has 182 valence electrons. The van der Waals surface area contributed by atoms with Gasteiger partial charge in [-0.05, 0) is 49.9 Å². The number of hydrogen-bond donors (Lipinski definition) is 2. The second kappa shape index (κ2) is 10.9. The summed E-state index contributed by atoms with van der Waals surface area (Å²) in [6.45, 7) is 9.19. The molecule has 1 aliphatic heterocycles. The number of fused-ring (bicyclic) bond motifs is 1. The molecule has 0 spiro atoms. The third kappa shape index (κ3) is 5.70. The van der Waals surface area contributed by atoms with Crippen LogP contribution in [0.2, 0.25) is 0 Å². The zero-order valence-corrected chi connectivity index (χ0v) is 20.5. The molecule has 34 heavy (non-hydrogen) atoms. The molecule has 0 unspecified atom stereocenters. The molecule has 1 aromatic carbocycles. The van der Waals surface area contributed by atoms with Crippen LogP contribution in [0.15, 0.2) is 51.8 Å². The Morgan fingerprint density at radius 2 is 1.88 bits per heavy atom. The van der Waals surface area contributed by atoms with Gasteiger partial charge in [0.15, 0.2) is 0 Å². The first kappa shape index (κ1) is 24.1. The van der Waals surface area contributed by atoms with Crippen molar-refractivity contribution < 1.29 is 9.21 Å². The quantitative estimate of drug-likeness (QED) is 0.472. The number of hydrogen-bond acceptors (Lipinski definition) is 4. The van der Waals surface area contributed by atoms with E-state index in [9.17, 15) is 9.59 Å². The Labute approximate surface area is 201 Å². The van der Waals surface area contributed by atoms with Crippen LogP contribution in [0.3, 0.4) is 0 Å². The Bertz CT molecular complexity index is 1180. The van der Waals surface area contributed by atoms with Crippen molar-refractivity contribution in [3.63, 3.8) is 0 Å². The normalized spacial score (nSPS) is 16.8. The molecule has 2 amide bonds. The molecule has 1 saturated heterocycles. The molecular weight excluding hydrogens is 428 g/mol. The number of aromatic nitrogens is 1. The summed E-state index contributed by atoms with van der Waals surface area (Å²) in [6.07, 6.45) is 6.70. The highest BCUT2D eigenvalue weighted by Gasteiger charge is 2.22. The van der Waals surface area contributed by atoms with Crippen molar-refractivity contribution in [1.82, 2.24) is 14.8 Å². The van der Waals surface area contributed by atoms with Crippen molar-refractivity contribution >= 4 is 22.5 Å². The van der Waals surface area contributed by atoms with Crippen LogP contribution in [0.1, 0.15) is 58.0 Å². The maximum atomic E-state index is 12.8. The number of piperidine rings is 1. The van der Waals surface area contributed by atoms with Gasteiger partial charge in [-0.2, -0.15) is 0 Å². The van der Waals surface area contributed by atoms with Crippen LogP contribution in [0, 0.1) is 5.92 Å². The van der Waals surface area contributed by atoms with Crippen LogP contribution >= 0.6 is 0 Å². The summed E-state index contributed by atoms with van der Waals surface area (Å²) in [7, 11) is 0. The molecule has 0 aliphatic carbocycles. The molecule has 1 fully saturated rings. The first-order valence-corrected chi connectivity index (χ1v) is 12.4. The Hall–Kier alpha value is -3.06. The van der Waals surface area contributed by atoms with Gasteiger partial charge in [0.1, 0.15) is 11.5 Å². The molecule has 7 heteroatoms. The number of carbonyl (C=O) groups is 1. The third-order valence-corrected chi connectivity index (χ3v) is 6.52. The molecule has 4 rings (SSSR count). The van der Waals surface area contributed by atoms with E-state index in [1.165, 1.54) is 19.3 Å². The Morgan fingerprint density at radius 3 is 2.65 bits per heavy atom. The molecule has 1 aliphatic rings. The van der Waals surface area contributed by atoms with Crippen molar-refractivity contribution in [1.29, 1.82) is 0 Å². The minimum Gasteiger partial charge on any atom is -0.463 e. The number of nitrogens with zero attached hydrogens (tertiary/aromatic N) is 2. The van der Waals surface area contributed by atoms with Gasteiger partial charge < -0.3 is 19.6 Å². The van der Waals surface area contributed by atoms with E-state index in [0.717, 1.165) is 36.4 Å². The van der Waals surface area contributed by atoms with Gasteiger partial charge in [0, 0.05) is 29.6 Å².